The maximum atomic E-state index is 13.1. The lowest BCUT2D eigenvalue weighted by atomic mass is 9.85. The molecule has 6 nitrogen and oxygen atoms in total. The van der Waals surface area contributed by atoms with Crippen molar-refractivity contribution in [1.82, 2.24) is 10.2 Å². The van der Waals surface area contributed by atoms with Crippen LogP contribution in [0.2, 0.25) is 0 Å². The number of amides is 1. The molecule has 1 amide bonds. The number of hydrogen-bond acceptors (Lipinski definition) is 5. The smallest absolute Gasteiger partial charge is 0.416 e. The van der Waals surface area contributed by atoms with Crippen LogP contribution in [0, 0.1) is 5.92 Å². The Kier molecular flexibility index (Phi) is 10.6. The Morgan fingerprint density at radius 2 is 1.87 bits per heavy atom. The van der Waals surface area contributed by atoms with Gasteiger partial charge >= 0.3 is 6.18 Å². The van der Waals surface area contributed by atoms with E-state index in [2.05, 4.69) is 17.2 Å². The van der Waals surface area contributed by atoms with Gasteiger partial charge in [-0.2, -0.15) is 13.2 Å². The maximum Gasteiger partial charge on any atom is 0.416 e. The van der Waals surface area contributed by atoms with E-state index < -0.39 is 17.5 Å². The molecular weight excluding hydrogens is 507 g/mol. The Morgan fingerprint density at radius 1 is 1.18 bits per heavy atom. The molecule has 1 unspecified atom stereocenters. The fourth-order valence-electron chi connectivity index (χ4n) is 5.45. The summed E-state index contributed by atoms with van der Waals surface area (Å²) in [6, 6.07) is 2.99. The molecule has 1 aromatic rings. The number of likely N-dealkylation sites (tertiary alicyclic amines) is 1. The molecule has 0 bridgehead atoms. The number of aliphatic hydroxyl groups is 1. The van der Waals surface area contributed by atoms with Crippen LogP contribution in [0.4, 0.5) is 13.2 Å². The molecule has 0 spiro atoms. The molecule has 39 heavy (non-hydrogen) atoms. The zero-order valence-corrected chi connectivity index (χ0v) is 23.4. The molecule has 1 aliphatic carbocycles. The minimum Gasteiger partial charge on any atom is -0.507 e. The Bertz CT molecular complexity index is 1100. The van der Waals surface area contributed by atoms with Crippen LogP contribution >= 0.6 is 0 Å². The number of allylic oxidation sites excluding steroid dienone is 3. The average molecular weight is 550 g/mol. The van der Waals surface area contributed by atoms with Gasteiger partial charge in [-0.05, 0) is 94.6 Å². The summed E-state index contributed by atoms with van der Waals surface area (Å²) in [6.45, 7) is 7.24. The lowest BCUT2D eigenvalue weighted by Gasteiger charge is -2.35. The topological polar surface area (TPSA) is 85.2 Å². The van der Waals surface area contributed by atoms with Crippen molar-refractivity contribution in [2.24, 2.45) is 10.9 Å². The molecule has 0 radical (unpaired) electrons. The molecule has 1 atom stereocenters. The molecule has 1 aliphatic heterocycles. The number of halogens is 3. The quantitative estimate of drug-likeness (QED) is 0.275. The molecule has 3 rings (SSSR count). The number of nitrogens with one attached hydrogen (secondary N) is 1. The highest BCUT2D eigenvalue weighted by atomic mass is 19.4. The van der Waals surface area contributed by atoms with Gasteiger partial charge in [-0.1, -0.05) is 12.5 Å². The molecule has 1 heterocycles. The minimum atomic E-state index is -4.54. The van der Waals surface area contributed by atoms with Crippen LogP contribution in [-0.2, 0) is 11.0 Å². The van der Waals surface area contributed by atoms with Gasteiger partial charge in [0.25, 0.3) is 0 Å². The highest BCUT2D eigenvalue weighted by Crippen LogP contribution is 2.34. The van der Waals surface area contributed by atoms with Gasteiger partial charge < -0.3 is 20.4 Å². The van der Waals surface area contributed by atoms with Gasteiger partial charge in [-0.3, -0.25) is 9.79 Å². The summed E-state index contributed by atoms with van der Waals surface area (Å²) < 4.78 is 39.2. The van der Waals surface area contributed by atoms with E-state index >= 15 is 0 Å². The predicted octanol–water partition coefficient (Wildman–Crippen LogP) is 5.98. The zero-order valence-electron chi connectivity index (χ0n) is 23.4. The first-order valence-corrected chi connectivity index (χ1v) is 13.9. The van der Waals surface area contributed by atoms with Gasteiger partial charge in [0.2, 0.25) is 5.91 Å². The van der Waals surface area contributed by atoms with Gasteiger partial charge in [0.15, 0.2) is 0 Å². The van der Waals surface area contributed by atoms with Crippen LogP contribution in [0.5, 0.6) is 5.75 Å². The number of phenols is 1. The number of alkyl halides is 3. The van der Waals surface area contributed by atoms with Crippen LogP contribution in [0.1, 0.15) is 83.3 Å². The first-order chi connectivity index (χ1) is 18.4. The summed E-state index contributed by atoms with van der Waals surface area (Å²) in [7, 11) is 1.55. The second kappa shape index (κ2) is 13.5. The second-order valence-electron chi connectivity index (χ2n) is 10.9. The number of rotatable bonds is 8. The van der Waals surface area contributed by atoms with Gasteiger partial charge in [-0.25, -0.2) is 0 Å². The van der Waals surface area contributed by atoms with Gasteiger partial charge in [0.05, 0.1) is 17.4 Å². The SMILES string of the molecule is CC/C(C)=C(/C=C(/C)C(=NC)c1ccc(C(F)(F)F)cc1O)NC1CCCN(C(=O)CC2CCC(O)CC2)C1. The van der Waals surface area contributed by atoms with E-state index in [1.165, 1.54) is 6.07 Å². The number of piperidine rings is 1. The largest absolute Gasteiger partial charge is 0.507 e. The second-order valence-corrected chi connectivity index (χ2v) is 10.9. The number of hydrogen-bond donors (Lipinski definition) is 3. The highest BCUT2D eigenvalue weighted by molar-refractivity contribution is 6.14. The fourth-order valence-corrected chi connectivity index (χ4v) is 5.45. The third-order valence-electron chi connectivity index (χ3n) is 7.94. The molecule has 2 fully saturated rings. The summed E-state index contributed by atoms with van der Waals surface area (Å²) in [5.41, 5.74) is 2.42. The summed E-state index contributed by atoms with van der Waals surface area (Å²) in [5.74, 6) is 0.0364. The fraction of sp³-hybridized carbons (Fsp3) is 0.600. The number of carbonyl (C=O) groups is 1. The van der Waals surface area contributed by atoms with Crippen molar-refractivity contribution in [3.8, 4) is 5.75 Å². The molecule has 216 valence electrons. The van der Waals surface area contributed by atoms with E-state index in [4.69, 9.17) is 0 Å². The molecule has 0 aromatic heterocycles. The molecule has 9 heteroatoms. The van der Waals surface area contributed by atoms with Gasteiger partial charge in [0, 0.05) is 43.9 Å². The Morgan fingerprint density at radius 3 is 2.46 bits per heavy atom. The summed E-state index contributed by atoms with van der Waals surface area (Å²) in [4.78, 5) is 19.3. The van der Waals surface area contributed by atoms with E-state index in [1.807, 2.05) is 24.8 Å². The Hall–Kier alpha value is -2.81. The molecule has 1 saturated heterocycles. The maximum absolute atomic E-state index is 13.1. The molecule has 1 saturated carbocycles. The third kappa shape index (κ3) is 8.34. The normalized spacial score (nSPS) is 23.9. The van der Waals surface area contributed by atoms with E-state index in [0.717, 1.165) is 74.9 Å². The number of aliphatic imine (C=N–C) groups is 1. The monoisotopic (exact) mass is 549 g/mol. The minimum absolute atomic E-state index is 0.0675. The van der Waals surface area contributed by atoms with Crippen molar-refractivity contribution in [3.05, 3.63) is 52.2 Å². The van der Waals surface area contributed by atoms with Crippen LogP contribution in [-0.4, -0.2) is 59.0 Å². The number of phenolic OH excluding ortho intramolecular Hbond substituents is 1. The number of aliphatic hydroxyl groups excluding tert-OH is 1. The lowest BCUT2D eigenvalue weighted by molar-refractivity contribution is -0.137. The third-order valence-corrected chi connectivity index (χ3v) is 7.94. The first kappa shape index (κ1) is 30.7. The van der Waals surface area contributed by atoms with Crippen LogP contribution < -0.4 is 5.32 Å². The summed E-state index contributed by atoms with van der Waals surface area (Å²) in [5, 5.41) is 23.7. The predicted molar refractivity (Wildman–Crippen MR) is 148 cm³/mol. The first-order valence-electron chi connectivity index (χ1n) is 13.9. The standard InChI is InChI=1S/C30H42F3N3O3/c1-5-19(2)26(15-20(3)29(34-4)25-13-10-22(17-27(25)38)30(31,32)33)35-23-7-6-14-36(18-23)28(39)16-21-8-11-24(37)12-9-21/h10,13,15,17,21,23-24,35,37-38H,5-9,11-12,14,16,18H2,1-4H3/b20-15-,26-19-,34-29?. The lowest BCUT2D eigenvalue weighted by Crippen LogP contribution is -2.48. The van der Waals surface area contributed by atoms with E-state index in [9.17, 15) is 28.2 Å². The van der Waals surface area contributed by atoms with Crippen LogP contribution in [0.15, 0.2) is 46.1 Å². The summed E-state index contributed by atoms with van der Waals surface area (Å²) in [6.07, 6.45) is 3.61. The molecule has 3 N–H and O–H groups in total. The van der Waals surface area contributed by atoms with E-state index in [0.29, 0.717) is 30.2 Å². The van der Waals surface area contributed by atoms with E-state index in [1.54, 1.807) is 7.05 Å². The molecule has 1 aromatic carbocycles. The number of aromatic hydroxyl groups is 1. The number of benzene rings is 1. The van der Waals surface area contributed by atoms with Gasteiger partial charge in [0.1, 0.15) is 5.75 Å². The van der Waals surface area contributed by atoms with Crippen molar-refractivity contribution in [3.63, 3.8) is 0 Å². The Labute approximate surface area is 229 Å². The van der Waals surface area contributed by atoms with Crippen LogP contribution in [0.25, 0.3) is 0 Å². The zero-order chi connectivity index (χ0) is 28.7. The Balaban J connectivity index is 1.73. The van der Waals surface area contributed by atoms with Crippen molar-refractivity contribution in [2.75, 3.05) is 20.1 Å². The van der Waals surface area contributed by atoms with Gasteiger partial charge in [-0.15, -0.1) is 0 Å². The van der Waals surface area contributed by atoms with Crippen LogP contribution in [0.3, 0.4) is 0 Å². The summed E-state index contributed by atoms with van der Waals surface area (Å²) >= 11 is 0. The average Bonchev–Trinajstić information content (AvgIpc) is 2.90. The highest BCUT2D eigenvalue weighted by Gasteiger charge is 2.32. The molecular formula is C30H42F3N3O3. The number of carbonyl (C=O) groups excluding carboxylic acids is 1. The molecule has 2 aliphatic rings. The van der Waals surface area contributed by atoms with Crippen molar-refractivity contribution < 1.29 is 28.2 Å². The number of nitrogens with zero attached hydrogens (tertiary/aromatic N) is 2. The van der Waals surface area contributed by atoms with E-state index in [-0.39, 0.29) is 23.6 Å². The van der Waals surface area contributed by atoms with Crippen molar-refractivity contribution in [2.45, 2.75) is 90.5 Å². The van der Waals surface area contributed by atoms with Crippen molar-refractivity contribution >= 4 is 11.6 Å². The van der Waals surface area contributed by atoms with Crippen molar-refractivity contribution in [1.29, 1.82) is 0 Å².